The summed E-state index contributed by atoms with van der Waals surface area (Å²) in [6.07, 6.45) is -3.38. The van der Waals surface area contributed by atoms with Crippen LogP contribution in [-0.4, -0.2) is 23.9 Å². The monoisotopic (exact) mass is 211 g/mol. The maximum absolute atomic E-state index is 12.2. The predicted molar refractivity (Wildman–Crippen MR) is 30.8 cm³/mol. The fraction of sp³-hybridized carbons (Fsp3) is 0.833. The van der Waals surface area contributed by atoms with Crippen molar-refractivity contribution in [3.63, 3.8) is 0 Å². The Hall–Kier alpha value is -0.490. The SMILES string of the molecule is [CH2]C(F)(F)C(F)(F)C(F)(F)C(C)F. The van der Waals surface area contributed by atoms with Gasteiger partial charge in [0.1, 0.15) is 0 Å². The molecule has 0 saturated heterocycles. The molecule has 0 aliphatic carbocycles. The van der Waals surface area contributed by atoms with E-state index in [0.717, 1.165) is 0 Å². The van der Waals surface area contributed by atoms with Gasteiger partial charge in [-0.05, 0) is 6.92 Å². The van der Waals surface area contributed by atoms with E-state index in [9.17, 15) is 30.7 Å². The minimum absolute atomic E-state index is 0.0691. The van der Waals surface area contributed by atoms with Gasteiger partial charge in [0.15, 0.2) is 6.17 Å². The van der Waals surface area contributed by atoms with Crippen LogP contribution in [0.3, 0.4) is 0 Å². The van der Waals surface area contributed by atoms with E-state index >= 15 is 0 Å². The number of halogens is 7. The van der Waals surface area contributed by atoms with E-state index in [0.29, 0.717) is 0 Å². The van der Waals surface area contributed by atoms with E-state index in [2.05, 4.69) is 0 Å². The van der Waals surface area contributed by atoms with Crippen molar-refractivity contribution in [1.82, 2.24) is 0 Å². The molecule has 0 amide bonds. The van der Waals surface area contributed by atoms with E-state index in [4.69, 9.17) is 0 Å². The van der Waals surface area contributed by atoms with E-state index in [1.807, 2.05) is 0 Å². The zero-order valence-electron chi connectivity index (χ0n) is 6.43. The van der Waals surface area contributed by atoms with Crippen LogP contribution in [0.25, 0.3) is 0 Å². The van der Waals surface area contributed by atoms with Gasteiger partial charge >= 0.3 is 17.8 Å². The lowest BCUT2D eigenvalue weighted by Crippen LogP contribution is -2.56. The minimum Gasteiger partial charge on any atom is -0.241 e. The van der Waals surface area contributed by atoms with E-state index < -0.39 is 23.9 Å². The van der Waals surface area contributed by atoms with Gasteiger partial charge in [-0.3, -0.25) is 0 Å². The van der Waals surface area contributed by atoms with Crippen LogP contribution >= 0.6 is 0 Å². The molecule has 0 nitrogen and oxygen atoms in total. The van der Waals surface area contributed by atoms with Crippen LogP contribution in [0.5, 0.6) is 0 Å². The van der Waals surface area contributed by atoms with Crippen molar-refractivity contribution < 1.29 is 30.7 Å². The number of alkyl halides is 7. The maximum atomic E-state index is 12.2. The summed E-state index contributed by atoms with van der Waals surface area (Å²) in [5, 5.41) is 0. The maximum Gasteiger partial charge on any atom is 0.374 e. The van der Waals surface area contributed by atoms with Gasteiger partial charge in [0.2, 0.25) is 0 Å². The molecular formula is C6H6F7. The molecule has 79 valence electrons. The third kappa shape index (κ3) is 1.88. The first-order chi connectivity index (χ1) is 5.44. The molecule has 0 aliphatic rings. The Balaban J connectivity index is 5.04. The summed E-state index contributed by atoms with van der Waals surface area (Å²) in [6.45, 7) is 1.63. The molecule has 0 spiro atoms. The van der Waals surface area contributed by atoms with Crippen molar-refractivity contribution in [2.24, 2.45) is 0 Å². The molecule has 1 unspecified atom stereocenters. The first kappa shape index (κ1) is 12.5. The molecule has 13 heavy (non-hydrogen) atoms. The van der Waals surface area contributed by atoms with Gasteiger partial charge in [-0.15, -0.1) is 0 Å². The van der Waals surface area contributed by atoms with Crippen LogP contribution in [0.15, 0.2) is 0 Å². The predicted octanol–water partition coefficient (Wildman–Crippen LogP) is 3.08. The Kier molecular flexibility index (Phi) is 2.91. The normalized spacial score (nSPS) is 17.3. The molecule has 0 aromatic rings. The smallest absolute Gasteiger partial charge is 0.241 e. The molecule has 7 heteroatoms. The summed E-state index contributed by atoms with van der Waals surface area (Å²) >= 11 is 0. The topological polar surface area (TPSA) is 0 Å². The van der Waals surface area contributed by atoms with Gasteiger partial charge in [0.05, 0.1) is 0 Å². The second-order valence-corrected chi connectivity index (χ2v) is 2.52. The van der Waals surface area contributed by atoms with Crippen LogP contribution in [0.1, 0.15) is 6.92 Å². The molecule has 1 atom stereocenters. The number of hydrogen-bond acceptors (Lipinski definition) is 0. The summed E-state index contributed by atoms with van der Waals surface area (Å²) in [5.74, 6) is -16.4. The zero-order valence-corrected chi connectivity index (χ0v) is 6.43. The molecule has 0 aliphatic heterocycles. The highest BCUT2D eigenvalue weighted by Crippen LogP contribution is 2.47. The van der Waals surface area contributed by atoms with Crippen LogP contribution in [0.4, 0.5) is 30.7 Å². The first-order valence-corrected chi connectivity index (χ1v) is 3.07. The molecule has 0 aromatic heterocycles. The highest BCUT2D eigenvalue weighted by Gasteiger charge is 2.71. The van der Waals surface area contributed by atoms with Crippen LogP contribution in [0.2, 0.25) is 0 Å². The Morgan fingerprint density at radius 1 is 1.00 bits per heavy atom. The van der Waals surface area contributed by atoms with E-state index in [-0.39, 0.29) is 6.92 Å². The summed E-state index contributed by atoms with van der Waals surface area (Å²) in [4.78, 5) is 0. The zero-order chi connectivity index (χ0) is 11.1. The average Bonchev–Trinajstić information content (AvgIpc) is 1.84. The second-order valence-electron chi connectivity index (χ2n) is 2.52. The Bertz CT molecular complexity index is 178. The molecule has 0 saturated carbocycles. The van der Waals surface area contributed by atoms with Crippen molar-refractivity contribution >= 4 is 0 Å². The van der Waals surface area contributed by atoms with Gasteiger partial charge in [0.25, 0.3) is 0 Å². The fourth-order valence-electron chi connectivity index (χ4n) is 0.494. The van der Waals surface area contributed by atoms with Crippen molar-refractivity contribution in [3.05, 3.63) is 6.92 Å². The molecule has 0 heterocycles. The lowest BCUT2D eigenvalue weighted by molar-refractivity contribution is -0.309. The third-order valence-electron chi connectivity index (χ3n) is 1.38. The van der Waals surface area contributed by atoms with Crippen molar-refractivity contribution in [1.29, 1.82) is 0 Å². The van der Waals surface area contributed by atoms with Crippen molar-refractivity contribution in [3.8, 4) is 0 Å². The first-order valence-electron chi connectivity index (χ1n) is 3.07. The molecule has 0 bridgehead atoms. The molecule has 1 radical (unpaired) electrons. The quantitative estimate of drug-likeness (QED) is 0.629. The molecular weight excluding hydrogens is 205 g/mol. The third-order valence-corrected chi connectivity index (χ3v) is 1.38. The highest BCUT2D eigenvalue weighted by atomic mass is 19.3. The standard InChI is InChI=1S/C6H6F7/c1-3(7)5(10,11)6(12,13)4(2,8)9/h3H,2H2,1H3. The van der Waals surface area contributed by atoms with Gasteiger partial charge < -0.3 is 0 Å². The van der Waals surface area contributed by atoms with Crippen LogP contribution < -0.4 is 0 Å². The van der Waals surface area contributed by atoms with Crippen molar-refractivity contribution in [2.45, 2.75) is 30.9 Å². The highest BCUT2D eigenvalue weighted by molar-refractivity contribution is 5.00. The summed E-state index contributed by atoms with van der Waals surface area (Å²) in [5.41, 5.74) is 0. The Morgan fingerprint density at radius 3 is 1.38 bits per heavy atom. The van der Waals surface area contributed by atoms with Gasteiger partial charge in [-0.1, -0.05) is 0 Å². The molecule has 0 N–H and O–H groups in total. The number of rotatable bonds is 3. The average molecular weight is 211 g/mol. The van der Waals surface area contributed by atoms with E-state index in [1.165, 1.54) is 0 Å². The molecule has 0 rings (SSSR count). The molecule has 0 aromatic carbocycles. The largest absolute Gasteiger partial charge is 0.374 e. The van der Waals surface area contributed by atoms with Crippen LogP contribution in [0, 0.1) is 6.92 Å². The lowest BCUT2D eigenvalue weighted by Gasteiger charge is -2.31. The second kappa shape index (κ2) is 3.02. The van der Waals surface area contributed by atoms with Gasteiger partial charge in [0, 0.05) is 6.92 Å². The van der Waals surface area contributed by atoms with Crippen LogP contribution in [-0.2, 0) is 0 Å². The summed E-state index contributed by atoms with van der Waals surface area (Å²) in [6, 6.07) is 0. The Morgan fingerprint density at radius 2 is 1.31 bits per heavy atom. The van der Waals surface area contributed by atoms with E-state index in [1.54, 1.807) is 6.92 Å². The summed E-state index contributed by atoms with van der Waals surface area (Å²) < 4.78 is 84.3. The van der Waals surface area contributed by atoms with Gasteiger partial charge in [-0.2, -0.15) is 26.3 Å². The summed E-state index contributed by atoms with van der Waals surface area (Å²) in [7, 11) is 0. The van der Waals surface area contributed by atoms with Crippen molar-refractivity contribution in [2.75, 3.05) is 0 Å². The minimum atomic E-state index is -5.80. The van der Waals surface area contributed by atoms with Gasteiger partial charge in [-0.25, -0.2) is 4.39 Å². The number of hydrogen-bond donors (Lipinski definition) is 0. The fourth-order valence-corrected chi connectivity index (χ4v) is 0.494. The molecule has 0 fully saturated rings. The Labute approximate surface area is 69.7 Å². The lowest BCUT2D eigenvalue weighted by atomic mass is 10.0.